The van der Waals surface area contributed by atoms with Crippen LogP contribution in [0.25, 0.3) is 10.2 Å². The minimum Gasteiger partial charge on any atom is -0.367 e. The molecule has 3 aromatic rings. The zero-order chi connectivity index (χ0) is 16.4. The van der Waals surface area contributed by atoms with Gasteiger partial charge in [0.2, 0.25) is 0 Å². The first-order valence-electron chi connectivity index (χ1n) is 8.06. The summed E-state index contributed by atoms with van der Waals surface area (Å²) >= 11 is 1.65. The molecule has 1 saturated heterocycles. The van der Waals surface area contributed by atoms with Crippen LogP contribution in [0.3, 0.4) is 0 Å². The first kappa shape index (κ1) is 15.1. The van der Waals surface area contributed by atoms with Gasteiger partial charge in [-0.3, -0.25) is 4.79 Å². The molecule has 1 aliphatic rings. The number of H-pyrrole nitrogens is 1. The van der Waals surface area contributed by atoms with Crippen molar-refractivity contribution in [3.05, 3.63) is 40.3 Å². The van der Waals surface area contributed by atoms with Crippen molar-refractivity contribution >= 4 is 33.2 Å². The summed E-state index contributed by atoms with van der Waals surface area (Å²) in [7, 11) is 0. The molecule has 2 N–H and O–H groups in total. The van der Waals surface area contributed by atoms with E-state index in [9.17, 15) is 4.79 Å². The highest BCUT2D eigenvalue weighted by molar-refractivity contribution is 7.17. The summed E-state index contributed by atoms with van der Waals surface area (Å²) in [4.78, 5) is 22.1. The number of anilines is 2. The zero-order valence-electron chi connectivity index (χ0n) is 13.1. The number of nitrogens with one attached hydrogen (secondary N) is 2. The van der Waals surface area contributed by atoms with Crippen LogP contribution in [-0.4, -0.2) is 39.3 Å². The fourth-order valence-corrected chi connectivity index (χ4v) is 3.95. The van der Waals surface area contributed by atoms with Crippen molar-refractivity contribution in [2.75, 3.05) is 23.3 Å². The molecular weight excluding hydrogens is 324 g/mol. The van der Waals surface area contributed by atoms with Gasteiger partial charge in [-0.25, -0.2) is 15.1 Å². The smallest absolute Gasteiger partial charge is 0.264 e. The summed E-state index contributed by atoms with van der Waals surface area (Å²) in [5, 5.41) is 12.2. The molecule has 0 bridgehead atoms. The quantitative estimate of drug-likeness (QED) is 0.756. The molecule has 24 heavy (non-hydrogen) atoms. The second kappa shape index (κ2) is 6.56. The summed E-state index contributed by atoms with van der Waals surface area (Å²) in [5.74, 6) is 1.71. The van der Waals surface area contributed by atoms with Gasteiger partial charge >= 0.3 is 0 Å². The van der Waals surface area contributed by atoms with E-state index in [0.717, 1.165) is 47.8 Å². The average Bonchev–Trinajstić information content (AvgIpc) is 3.10. The lowest BCUT2D eigenvalue weighted by atomic mass is 10.0. The number of thiophene rings is 1. The fraction of sp³-hybridized carbons (Fsp3) is 0.375. The fourth-order valence-electron chi connectivity index (χ4n) is 3.14. The highest BCUT2D eigenvalue weighted by atomic mass is 32.1. The number of hydrogen-bond acceptors (Lipinski definition) is 7. The number of nitrogens with zero attached hydrogens (tertiary/aromatic N) is 4. The summed E-state index contributed by atoms with van der Waals surface area (Å²) in [6.07, 6.45) is 5.02. The standard InChI is InChI=1S/C16H18N6OS/c23-14-5-4-13(20-21-14)22-7-2-1-3-11(22)9-17-16-15-12(6-8-24-15)18-10-19-16/h4-6,8,10-11H,1-3,7,9H2,(H,21,23)(H,17,18,19). The maximum absolute atomic E-state index is 11.2. The van der Waals surface area contributed by atoms with Crippen LogP contribution in [-0.2, 0) is 0 Å². The molecule has 0 radical (unpaired) electrons. The predicted molar refractivity (Wildman–Crippen MR) is 95.7 cm³/mol. The predicted octanol–water partition coefficient (Wildman–Crippen LogP) is 2.25. The molecular formula is C16H18N6OS. The van der Waals surface area contributed by atoms with E-state index in [-0.39, 0.29) is 5.56 Å². The van der Waals surface area contributed by atoms with Crippen LogP contribution in [0.5, 0.6) is 0 Å². The van der Waals surface area contributed by atoms with Crippen molar-refractivity contribution < 1.29 is 0 Å². The number of aromatic nitrogens is 4. The van der Waals surface area contributed by atoms with Crippen LogP contribution in [0.15, 0.2) is 34.7 Å². The van der Waals surface area contributed by atoms with Crippen molar-refractivity contribution in [3.8, 4) is 0 Å². The van der Waals surface area contributed by atoms with Gasteiger partial charge in [0.05, 0.1) is 10.2 Å². The van der Waals surface area contributed by atoms with Gasteiger partial charge < -0.3 is 10.2 Å². The van der Waals surface area contributed by atoms with Gasteiger partial charge in [0, 0.05) is 25.2 Å². The summed E-state index contributed by atoms with van der Waals surface area (Å²) < 4.78 is 1.09. The van der Waals surface area contributed by atoms with E-state index in [1.165, 1.54) is 12.5 Å². The van der Waals surface area contributed by atoms with Crippen LogP contribution in [0, 0.1) is 0 Å². The third-order valence-electron chi connectivity index (χ3n) is 4.33. The Balaban J connectivity index is 1.52. The summed E-state index contributed by atoms with van der Waals surface area (Å²) in [6, 6.07) is 5.65. The van der Waals surface area contributed by atoms with E-state index in [2.05, 4.69) is 30.4 Å². The Labute approximate surface area is 142 Å². The molecule has 7 nitrogen and oxygen atoms in total. The zero-order valence-corrected chi connectivity index (χ0v) is 13.9. The minimum absolute atomic E-state index is 0.175. The topological polar surface area (TPSA) is 86.8 Å². The van der Waals surface area contributed by atoms with E-state index in [1.807, 2.05) is 11.4 Å². The normalized spacial score (nSPS) is 18.0. The van der Waals surface area contributed by atoms with Crippen LogP contribution in [0.2, 0.25) is 0 Å². The molecule has 1 fully saturated rings. The second-order valence-electron chi connectivity index (χ2n) is 5.86. The molecule has 8 heteroatoms. The summed E-state index contributed by atoms with van der Waals surface area (Å²) in [6.45, 7) is 1.73. The Kier molecular flexibility index (Phi) is 4.12. The molecule has 1 unspecified atom stereocenters. The van der Waals surface area contributed by atoms with Crippen LogP contribution < -0.4 is 15.8 Å². The molecule has 0 aliphatic carbocycles. The number of fused-ring (bicyclic) bond motifs is 1. The molecule has 4 rings (SSSR count). The largest absolute Gasteiger partial charge is 0.367 e. The highest BCUT2D eigenvalue weighted by Crippen LogP contribution is 2.26. The molecule has 1 aliphatic heterocycles. The monoisotopic (exact) mass is 342 g/mol. The van der Waals surface area contributed by atoms with E-state index >= 15 is 0 Å². The Morgan fingerprint density at radius 2 is 2.25 bits per heavy atom. The maximum Gasteiger partial charge on any atom is 0.264 e. The second-order valence-corrected chi connectivity index (χ2v) is 6.78. The summed E-state index contributed by atoms with van der Waals surface area (Å²) in [5.41, 5.74) is 0.798. The van der Waals surface area contributed by atoms with Crippen LogP contribution in [0.1, 0.15) is 19.3 Å². The number of piperidine rings is 1. The molecule has 4 heterocycles. The van der Waals surface area contributed by atoms with Gasteiger partial charge in [0.15, 0.2) is 0 Å². The first-order chi connectivity index (χ1) is 11.8. The molecule has 0 aromatic carbocycles. The van der Waals surface area contributed by atoms with Crippen molar-refractivity contribution in [3.63, 3.8) is 0 Å². The van der Waals surface area contributed by atoms with Crippen LogP contribution in [0.4, 0.5) is 11.6 Å². The van der Waals surface area contributed by atoms with Crippen molar-refractivity contribution in [1.82, 2.24) is 20.2 Å². The van der Waals surface area contributed by atoms with E-state index in [4.69, 9.17) is 0 Å². The Morgan fingerprint density at radius 1 is 1.29 bits per heavy atom. The van der Waals surface area contributed by atoms with Gasteiger partial charge in [-0.2, -0.15) is 5.10 Å². The highest BCUT2D eigenvalue weighted by Gasteiger charge is 2.24. The van der Waals surface area contributed by atoms with Crippen molar-refractivity contribution in [1.29, 1.82) is 0 Å². The Morgan fingerprint density at radius 3 is 3.12 bits per heavy atom. The molecule has 1 atom stereocenters. The number of hydrogen-bond donors (Lipinski definition) is 2. The third-order valence-corrected chi connectivity index (χ3v) is 5.24. The molecule has 0 spiro atoms. The van der Waals surface area contributed by atoms with Crippen LogP contribution >= 0.6 is 11.3 Å². The average molecular weight is 342 g/mol. The lowest BCUT2D eigenvalue weighted by Crippen LogP contribution is -2.44. The van der Waals surface area contributed by atoms with E-state index in [1.54, 1.807) is 23.7 Å². The van der Waals surface area contributed by atoms with Gasteiger partial charge in [-0.05, 0) is 36.8 Å². The lowest BCUT2D eigenvalue weighted by Gasteiger charge is -2.36. The minimum atomic E-state index is -0.175. The van der Waals surface area contributed by atoms with Crippen molar-refractivity contribution in [2.24, 2.45) is 0 Å². The molecule has 0 saturated carbocycles. The first-order valence-corrected chi connectivity index (χ1v) is 8.94. The Hall–Kier alpha value is -2.48. The number of rotatable bonds is 4. The van der Waals surface area contributed by atoms with Gasteiger partial charge in [-0.15, -0.1) is 11.3 Å². The molecule has 0 amide bonds. The number of aromatic amines is 1. The Bertz CT molecular complexity index is 871. The SMILES string of the molecule is O=c1ccc(N2CCCCC2CNc2ncnc3ccsc23)n[nH]1. The molecule has 124 valence electrons. The molecule has 3 aromatic heterocycles. The lowest BCUT2D eigenvalue weighted by molar-refractivity contribution is 0.467. The van der Waals surface area contributed by atoms with E-state index in [0.29, 0.717) is 6.04 Å². The van der Waals surface area contributed by atoms with Gasteiger partial charge in [-0.1, -0.05) is 0 Å². The van der Waals surface area contributed by atoms with Crippen molar-refractivity contribution in [2.45, 2.75) is 25.3 Å². The third kappa shape index (κ3) is 2.96. The van der Waals surface area contributed by atoms with Gasteiger partial charge in [0.1, 0.15) is 18.0 Å². The maximum atomic E-state index is 11.2. The van der Waals surface area contributed by atoms with Gasteiger partial charge in [0.25, 0.3) is 5.56 Å². The van der Waals surface area contributed by atoms with E-state index < -0.39 is 0 Å².